The van der Waals surface area contributed by atoms with Gasteiger partial charge in [-0.15, -0.1) is 22.7 Å². The molecule has 0 radical (unpaired) electrons. The summed E-state index contributed by atoms with van der Waals surface area (Å²) in [6.07, 6.45) is 1.42. The molecule has 158 valence electrons. The highest BCUT2D eigenvalue weighted by Gasteiger charge is 2.15. The number of rotatable bonds is 6. The first-order valence-corrected chi connectivity index (χ1v) is 11.3. The van der Waals surface area contributed by atoms with Gasteiger partial charge in [-0.2, -0.15) is 0 Å². The van der Waals surface area contributed by atoms with Gasteiger partial charge < -0.3 is 10.2 Å². The highest BCUT2D eigenvalue weighted by molar-refractivity contribution is 7.18. The van der Waals surface area contributed by atoms with Gasteiger partial charge in [0.2, 0.25) is 5.91 Å². The smallest absolute Gasteiger partial charge is 0.263 e. The maximum absolute atomic E-state index is 13.0. The van der Waals surface area contributed by atoms with Gasteiger partial charge in [-0.1, -0.05) is 18.2 Å². The molecule has 0 bridgehead atoms. The van der Waals surface area contributed by atoms with Crippen molar-refractivity contribution >= 4 is 44.7 Å². The van der Waals surface area contributed by atoms with Crippen molar-refractivity contribution in [3.05, 3.63) is 75.0 Å². The normalized spacial score (nSPS) is 10.9. The van der Waals surface area contributed by atoms with Gasteiger partial charge in [0.1, 0.15) is 11.4 Å². The maximum Gasteiger partial charge on any atom is 0.263 e. The van der Waals surface area contributed by atoms with Crippen molar-refractivity contribution in [3.8, 4) is 10.4 Å². The first-order valence-electron chi connectivity index (χ1n) is 9.52. The molecule has 0 unspecified atom stereocenters. The summed E-state index contributed by atoms with van der Waals surface area (Å²) in [5.74, 6) is -0.363. The van der Waals surface area contributed by atoms with Crippen LogP contribution in [0.25, 0.3) is 20.7 Å². The van der Waals surface area contributed by atoms with Crippen molar-refractivity contribution in [3.63, 3.8) is 0 Å². The number of carbonyl (C=O) groups is 2. The van der Waals surface area contributed by atoms with Crippen molar-refractivity contribution in [2.45, 2.75) is 13.1 Å². The molecule has 1 N–H and O–H groups in total. The monoisotopic (exact) mass is 452 g/mol. The number of aromatic nitrogens is 2. The number of thiophene rings is 2. The van der Waals surface area contributed by atoms with Gasteiger partial charge in [-0.25, -0.2) is 4.98 Å². The molecule has 1 aromatic carbocycles. The van der Waals surface area contributed by atoms with Crippen molar-refractivity contribution in [2.24, 2.45) is 0 Å². The molecule has 0 saturated heterocycles. The predicted octanol–water partition coefficient (Wildman–Crippen LogP) is 3.20. The first kappa shape index (κ1) is 21.0. The average molecular weight is 453 g/mol. The summed E-state index contributed by atoms with van der Waals surface area (Å²) in [6.45, 7) is 0.192. The van der Waals surface area contributed by atoms with Gasteiger partial charge in [-0.05, 0) is 29.1 Å². The van der Waals surface area contributed by atoms with E-state index in [2.05, 4.69) is 10.3 Å². The summed E-state index contributed by atoms with van der Waals surface area (Å²) < 4.78 is 1.33. The molecule has 0 saturated carbocycles. The lowest BCUT2D eigenvalue weighted by molar-refractivity contribution is -0.121. The zero-order valence-electron chi connectivity index (χ0n) is 17.0. The van der Waals surface area contributed by atoms with Crippen LogP contribution in [0.1, 0.15) is 15.9 Å². The Morgan fingerprint density at radius 2 is 1.90 bits per heavy atom. The highest BCUT2D eigenvalue weighted by Crippen LogP contribution is 2.33. The Kier molecular flexibility index (Phi) is 5.97. The average Bonchev–Trinajstić information content (AvgIpc) is 3.44. The number of hydrogen-bond acceptors (Lipinski definition) is 6. The third-order valence-corrected chi connectivity index (χ3v) is 6.55. The second-order valence-electron chi connectivity index (χ2n) is 7.16. The van der Waals surface area contributed by atoms with Crippen LogP contribution >= 0.6 is 22.7 Å². The summed E-state index contributed by atoms with van der Waals surface area (Å²) in [7, 11) is 3.40. The SMILES string of the molecule is CN(C)C(=O)c1ccc(CNC(=O)Cn2cnc3scc(-c4cccs4)c3c2=O)cc1. The minimum Gasteiger partial charge on any atom is -0.350 e. The number of nitrogens with zero attached hydrogens (tertiary/aromatic N) is 3. The van der Waals surface area contributed by atoms with E-state index in [4.69, 9.17) is 0 Å². The summed E-state index contributed by atoms with van der Waals surface area (Å²) in [6, 6.07) is 11.0. The van der Waals surface area contributed by atoms with E-state index in [9.17, 15) is 14.4 Å². The van der Waals surface area contributed by atoms with E-state index in [0.29, 0.717) is 22.3 Å². The van der Waals surface area contributed by atoms with E-state index in [0.717, 1.165) is 16.0 Å². The van der Waals surface area contributed by atoms with E-state index >= 15 is 0 Å². The van der Waals surface area contributed by atoms with Crippen molar-refractivity contribution in [1.82, 2.24) is 19.8 Å². The molecule has 0 spiro atoms. The van der Waals surface area contributed by atoms with Crippen molar-refractivity contribution < 1.29 is 9.59 Å². The van der Waals surface area contributed by atoms with Gasteiger partial charge in [0, 0.05) is 42.0 Å². The van der Waals surface area contributed by atoms with Gasteiger partial charge in [0.15, 0.2) is 0 Å². The summed E-state index contributed by atoms with van der Waals surface area (Å²) >= 11 is 2.98. The predicted molar refractivity (Wildman–Crippen MR) is 123 cm³/mol. The van der Waals surface area contributed by atoms with E-state index in [1.807, 2.05) is 22.9 Å². The highest BCUT2D eigenvalue weighted by atomic mass is 32.1. The fraction of sp³-hybridized carbons (Fsp3) is 0.182. The lowest BCUT2D eigenvalue weighted by Crippen LogP contribution is -2.32. The molecule has 0 fully saturated rings. The minimum atomic E-state index is -0.287. The lowest BCUT2D eigenvalue weighted by atomic mass is 10.1. The Labute approximate surface area is 186 Å². The molecule has 0 aliphatic carbocycles. The zero-order chi connectivity index (χ0) is 22.0. The van der Waals surface area contributed by atoms with E-state index < -0.39 is 0 Å². The molecule has 0 aliphatic rings. The third kappa shape index (κ3) is 4.42. The first-order chi connectivity index (χ1) is 14.9. The number of benzene rings is 1. The van der Waals surface area contributed by atoms with E-state index in [1.54, 1.807) is 49.7 Å². The molecular formula is C22H20N4O3S2. The molecule has 3 heterocycles. The van der Waals surface area contributed by atoms with Crippen LogP contribution in [-0.4, -0.2) is 40.4 Å². The fourth-order valence-corrected chi connectivity index (χ4v) is 4.85. The lowest BCUT2D eigenvalue weighted by Gasteiger charge is -2.11. The van der Waals surface area contributed by atoms with Crippen LogP contribution in [0.2, 0.25) is 0 Å². The Morgan fingerprint density at radius 1 is 1.13 bits per heavy atom. The second-order valence-corrected chi connectivity index (χ2v) is 8.96. The molecule has 0 aliphatic heterocycles. The standard InChI is InChI=1S/C22H20N4O3S2/c1-25(2)21(28)15-7-5-14(6-8-15)10-23-18(27)11-26-13-24-20-19(22(26)29)16(12-31-20)17-4-3-9-30-17/h3-9,12-13H,10-11H2,1-2H3,(H,23,27). The van der Waals surface area contributed by atoms with Gasteiger partial charge in [0.25, 0.3) is 11.5 Å². The van der Waals surface area contributed by atoms with Crippen LogP contribution in [-0.2, 0) is 17.9 Å². The molecule has 2 amide bonds. The molecule has 0 atom stereocenters. The van der Waals surface area contributed by atoms with Gasteiger partial charge in [-0.3, -0.25) is 19.0 Å². The molecular weight excluding hydrogens is 432 g/mol. The number of hydrogen-bond donors (Lipinski definition) is 1. The van der Waals surface area contributed by atoms with Gasteiger partial charge >= 0.3 is 0 Å². The Morgan fingerprint density at radius 3 is 2.58 bits per heavy atom. The fourth-order valence-electron chi connectivity index (χ4n) is 3.13. The van der Waals surface area contributed by atoms with Crippen molar-refractivity contribution in [2.75, 3.05) is 14.1 Å². The molecule has 9 heteroatoms. The summed E-state index contributed by atoms with van der Waals surface area (Å²) in [5.41, 5.74) is 2.08. The van der Waals surface area contributed by atoms with E-state index in [1.165, 1.54) is 27.1 Å². The number of amides is 2. The van der Waals surface area contributed by atoms with Gasteiger partial charge in [0.05, 0.1) is 11.7 Å². The topological polar surface area (TPSA) is 84.3 Å². The van der Waals surface area contributed by atoms with Crippen LogP contribution in [0, 0.1) is 0 Å². The van der Waals surface area contributed by atoms with Crippen LogP contribution in [0.4, 0.5) is 0 Å². The number of carbonyl (C=O) groups excluding carboxylic acids is 2. The minimum absolute atomic E-state index is 0.0757. The Bertz CT molecular complexity index is 1290. The largest absolute Gasteiger partial charge is 0.350 e. The number of nitrogens with one attached hydrogen (secondary N) is 1. The molecule has 4 rings (SSSR count). The van der Waals surface area contributed by atoms with Crippen LogP contribution in [0.3, 0.4) is 0 Å². The summed E-state index contributed by atoms with van der Waals surface area (Å²) in [5, 5.41) is 7.25. The Hall–Kier alpha value is -3.30. The second kappa shape index (κ2) is 8.83. The van der Waals surface area contributed by atoms with Crippen molar-refractivity contribution in [1.29, 1.82) is 0 Å². The Balaban J connectivity index is 1.45. The number of fused-ring (bicyclic) bond motifs is 1. The van der Waals surface area contributed by atoms with Crippen LogP contribution in [0.5, 0.6) is 0 Å². The molecule has 3 aromatic heterocycles. The van der Waals surface area contributed by atoms with E-state index in [-0.39, 0.29) is 23.9 Å². The summed E-state index contributed by atoms with van der Waals surface area (Å²) in [4.78, 5) is 44.9. The molecule has 7 nitrogen and oxygen atoms in total. The zero-order valence-corrected chi connectivity index (χ0v) is 18.6. The van der Waals surface area contributed by atoms with Crippen LogP contribution in [0.15, 0.2) is 58.3 Å². The van der Waals surface area contributed by atoms with Crippen LogP contribution < -0.4 is 10.9 Å². The quantitative estimate of drug-likeness (QED) is 0.487. The molecule has 4 aromatic rings. The molecule has 31 heavy (non-hydrogen) atoms. The maximum atomic E-state index is 13.0. The third-order valence-electron chi connectivity index (χ3n) is 4.76.